The highest BCUT2D eigenvalue weighted by Crippen LogP contribution is 2.33. The maximum atomic E-state index is 12.9. The highest BCUT2D eigenvalue weighted by Gasteiger charge is 2.22. The number of hydrogen-bond donors (Lipinski definition) is 0. The molecule has 0 saturated carbocycles. The lowest BCUT2D eigenvalue weighted by molar-refractivity contribution is -0.385. The second-order valence-electron chi connectivity index (χ2n) is 7.11. The van der Waals surface area contributed by atoms with Crippen LogP contribution in [0.15, 0.2) is 72.8 Å². The number of anilines is 1. The molecule has 0 aliphatic carbocycles. The smallest absolute Gasteiger partial charge is 0.313 e. The summed E-state index contributed by atoms with van der Waals surface area (Å²) < 4.78 is 5.64. The summed E-state index contributed by atoms with van der Waals surface area (Å²) in [5, 5.41) is 11.5. The van der Waals surface area contributed by atoms with Crippen molar-refractivity contribution in [1.82, 2.24) is 4.90 Å². The van der Waals surface area contributed by atoms with Crippen molar-refractivity contribution in [2.75, 3.05) is 31.1 Å². The summed E-state index contributed by atoms with van der Waals surface area (Å²) in [7, 11) is 0. The van der Waals surface area contributed by atoms with Crippen molar-refractivity contribution in [3.63, 3.8) is 0 Å². The number of halogens is 1. The molecule has 7 nitrogen and oxygen atoms in total. The Balaban J connectivity index is 1.40. The summed E-state index contributed by atoms with van der Waals surface area (Å²) in [4.78, 5) is 27.6. The number of benzene rings is 3. The Morgan fingerprint density at radius 1 is 0.935 bits per heavy atom. The van der Waals surface area contributed by atoms with Crippen molar-refractivity contribution in [1.29, 1.82) is 0 Å². The van der Waals surface area contributed by atoms with Gasteiger partial charge in [0.05, 0.1) is 4.92 Å². The van der Waals surface area contributed by atoms with Crippen molar-refractivity contribution < 1.29 is 14.5 Å². The van der Waals surface area contributed by atoms with Gasteiger partial charge in [-0.2, -0.15) is 0 Å². The van der Waals surface area contributed by atoms with E-state index in [2.05, 4.69) is 17.0 Å². The topological polar surface area (TPSA) is 75.9 Å². The number of amides is 1. The minimum Gasteiger partial charge on any atom is -0.450 e. The van der Waals surface area contributed by atoms with Crippen LogP contribution in [0, 0.1) is 10.1 Å². The number of nitro groups is 1. The van der Waals surface area contributed by atoms with Crippen molar-refractivity contribution >= 4 is 28.9 Å². The number of carbonyl (C=O) groups is 1. The fraction of sp³-hybridized carbons (Fsp3) is 0.174. The van der Waals surface area contributed by atoms with E-state index in [0.717, 1.165) is 18.8 Å². The monoisotopic (exact) mass is 437 g/mol. The first-order valence-electron chi connectivity index (χ1n) is 9.82. The molecule has 0 aromatic heterocycles. The van der Waals surface area contributed by atoms with Crippen molar-refractivity contribution in [2.24, 2.45) is 0 Å². The van der Waals surface area contributed by atoms with E-state index < -0.39 is 4.92 Å². The minimum atomic E-state index is -0.547. The first-order chi connectivity index (χ1) is 15.0. The van der Waals surface area contributed by atoms with Crippen LogP contribution in [0.2, 0.25) is 5.02 Å². The lowest BCUT2D eigenvalue weighted by Gasteiger charge is -2.36. The molecule has 1 heterocycles. The van der Waals surface area contributed by atoms with Gasteiger partial charge < -0.3 is 14.5 Å². The molecule has 0 unspecified atom stereocenters. The molecule has 1 aliphatic heterocycles. The van der Waals surface area contributed by atoms with Gasteiger partial charge in [0.15, 0.2) is 0 Å². The van der Waals surface area contributed by atoms with Gasteiger partial charge in [-0.05, 0) is 48.5 Å². The fourth-order valence-corrected chi connectivity index (χ4v) is 3.67. The molecule has 0 radical (unpaired) electrons. The third kappa shape index (κ3) is 4.78. The standard InChI is InChI=1S/C23H20ClN3O4/c24-18-8-11-22(21(16-18)27(29)30)31-20-9-6-17(7-10-20)23(28)26-14-12-25(13-15-26)19-4-2-1-3-5-19/h1-11,16H,12-15H2. The number of para-hydroxylation sites is 1. The molecule has 31 heavy (non-hydrogen) atoms. The predicted octanol–water partition coefficient (Wildman–Crippen LogP) is 5.00. The molecular formula is C23H20ClN3O4. The third-order valence-corrected chi connectivity index (χ3v) is 5.37. The van der Waals surface area contributed by atoms with E-state index in [9.17, 15) is 14.9 Å². The van der Waals surface area contributed by atoms with Crippen LogP contribution >= 0.6 is 11.6 Å². The zero-order valence-electron chi connectivity index (χ0n) is 16.6. The van der Waals surface area contributed by atoms with E-state index >= 15 is 0 Å². The predicted molar refractivity (Wildman–Crippen MR) is 119 cm³/mol. The Labute approximate surface area is 184 Å². The Morgan fingerprint density at radius 2 is 1.61 bits per heavy atom. The molecule has 158 valence electrons. The zero-order valence-corrected chi connectivity index (χ0v) is 17.4. The highest BCUT2D eigenvalue weighted by molar-refractivity contribution is 6.30. The van der Waals surface area contributed by atoms with E-state index in [1.54, 1.807) is 24.3 Å². The molecule has 0 bridgehead atoms. The molecule has 3 aromatic carbocycles. The number of piperazine rings is 1. The van der Waals surface area contributed by atoms with Crippen molar-refractivity contribution in [3.05, 3.63) is 93.5 Å². The van der Waals surface area contributed by atoms with Crippen LogP contribution in [-0.2, 0) is 0 Å². The molecule has 1 amide bonds. The SMILES string of the molecule is O=C(c1ccc(Oc2ccc(Cl)cc2[N+](=O)[O-])cc1)N1CCN(c2ccccc2)CC1. The molecule has 1 saturated heterocycles. The van der Waals surface area contributed by atoms with Gasteiger partial charge >= 0.3 is 5.69 Å². The number of rotatable bonds is 5. The largest absolute Gasteiger partial charge is 0.450 e. The maximum Gasteiger partial charge on any atom is 0.313 e. The van der Waals surface area contributed by atoms with Crippen molar-refractivity contribution in [3.8, 4) is 11.5 Å². The third-order valence-electron chi connectivity index (χ3n) is 5.13. The lowest BCUT2D eigenvalue weighted by atomic mass is 10.1. The molecule has 4 rings (SSSR count). The first kappa shape index (κ1) is 20.7. The van der Waals surface area contributed by atoms with Gasteiger partial charge in [-0.3, -0.25) is 14.9 Å². The van der Waals surface area contributed by atoms with Crippen LogP contribution in [-0.4, -0.2) is 41.9 Å². The van der Waals surface area contributed by atoms with Gasteiger partial charge in [-0.1, -0.05) is 29.8 Å². The van der Waals surface area contributed by atoms with Crippen LogP contribution in [0.3, 0.4) is 0 Å². The summed E-state index contributed by atoms with van der Waals surface area (Å²) in [6, 6.07) is 21.0. The maximum absolute atomic E-state index is 12.9. The van der Waals surface area contributed by atoms with Crippen LogP contribution in [0.4, 0.5) is 11.4 Å². The second kappa shape index (κ2) is 9.06. The number of ether oxygens (including phenoxy) is 1. The molecule has 0 spiro atoms. The van der Waals surface area contributed by atoms with Gasteiger partial charge in [0.2, 0.25) is 5.75 Å². The fourth-order valence-electron chi connectivity index (χ4n) is 3.50. The van der Waals surface area contributed by atoms with Gasteiger partial charge in [0.25, 0.3) is 5.91 Å². The number of carbonyl (C=O) groups excluding carboxylic acids is 1. The van der Waals surface area contributed by atoms with Crippen molar-refractivity contribution in [2.45, 2.75) is 0 Å². The summed E-state index contributed by atoms with van der Waals surface area (Å²) in [5.41, 5.74) is 1.49. The van der Waals surface area contributed by atoms with E-state index in [4.69, 9.17) is 16.3 Å². The molecule has 1 fully saturated rings. The zero-order chi connectivity index (χ0) is 21.8. The molecular weight excluding hydrogens is 418 g/mol. The number of hydrogen-bond acceptors (Lipinski definition) is 5. The summed E-state index contributed by atoms with van der Waals surface area (Å²) in [6.07, 6.45) is 0. The summed E-state index contributed by atoms with van der Waals surface area (Å²) in [5.74, 6) is 0.443. The molecule has 0 N–H and O–H groups in total. The lowest BCUT2D eigenvalue weighted by Crippen LogP contribution is -2.48. The number of nitro benzene ring substituents is 1. The quantitative estimate of drug-likeness (QED) is 0.414. The molecule has 8 heteroatoms. The van der Waals surface area contributed by atoms with Crippen LogP contribution in [0.25, 0.3) is 0 Å². The van der Waals surface area contributed by atoms with E-state index in [1.165, 1.54) is 18.2 Å². The molecule has 1 aliphatic rings. The highest BCUT2D eigenvalue weighted by atomic mass is 35.5. The number of nitrogens with zero attached hydrogens (tertiary/aromatic N) is 3. The Kier molecular flexibility index (Phi) is 6.04. The van der Waals surface area contributed by atoms with Crippen LogP contribution in [0.1, 0.15) is 10.4 Å². The van der Waals surface area contributed by atoms with Gasteiger partial charge in [-0.25, -0.2) is 0 Å². The average molecular weight is 438 g/mol. The summed E-state index contributed by atoms with van der Waals surface area (Å²) >= 11 is 5.83. The summed E-state index contributed by atoms with van der Waals surface area (Å²) in [6.45, 7) is 2.83. The Hall–Kier alpha value is -3.58. The van der Waals surface area contributed by atoms with Gasteiger partial charge in [-0.15, -0.1) is 0 Å². The van der Waals surface area contributed by atoms with E-state index in [-0.39, 0.29) is 22.4 Å². The average Bonchev–Trinajstić information content (AvgIpc) is 2.81. The minimum absolute atomic E-state index is 0.0447. The molecule has 3 aromatic rings. The van der Waals surface area contributed by atoms with E-state index in [1.807, 2.05) is 23.1 Å². The normalized spacial score (nSPS) is 13.7. The Bertz CT molecular complexity index is 1080. The first-order valence-corrected chi connectivity index (χ1v) is 10.2. The van der Waals surface area contributed by atoms with Gasteiger partial charge in [0.1, 0.15) is 5.75 Å². The Morgan fingerprint density at radius 3 is 2.26 bits per heavy atom. The van der Waals surface area contributed by atoms with Crippen LogP contribution < -0.4 is 9.64 Å². The van der Waals surface area contributed by atoms with Crippen LogP contribution in [0.5, 0.6) is 11.5 Å². The molecule has 0 atom stereocenters. The van der Waals surface area contributed by atoms with Gasteiger partial charge in [0, 0.05) is 48.5 Å². The van der Waals surface area contributed by atoms with E-state index in [0.29, 0.717) is 24.4 Å². The second-order valence-corrected chi connectivity index (χ2v) is 7.55.